The normalized spacial score (nSPS) is 17.7. The van der Waals surface area contributed by atoms with Gasteiger partial charge in [-0.2, -0.15) is 0 Å². The van der Waals surface area contributed by atoms with Crippen LogP contribution in [0.5, 0.6) is 0 Å². The average Bonchev–Trinajstić information content (AvgIpc) is 2.53. The molecule has 0 bridgehead atoms. The Kier molecular flexibility index (Phi) is 4.20. The summed E-state index contributed by atoms with van der Waals surface area (Å²) in [5.41, 5.74) is 3.26. The van der Waals surface area contributed by atoms with E-state index in [1.165, 1.54) is 11.1 Å². The number of nitrogens with zero attached hydrogens (tertiary/aromatic N) is 1. The second kappa shape index (κ2) is 6.01. The number of fused-ring (bicyclic) bond motifs is 1. The third kappa shape index (κ3) is 3.13. The van der Waals surface area contributed by atoms with Gasteiger partial charge >= 0.3 is 0 Å². The van der Waals surface area contributed by atoms with Crippen LogP contribution in [0.15, 0.2) is 48.5 Å². The molecule has 1 atom stereocenters. The number of carbonyl (C=O) groups is 1. The molecule has 0 radical (unpaired) electrons. The molecule has 0 aliphatic carbocycles. The van der Waals surface area contributed by atoms with Crippen molar-refractivity contribution in [2.45, 2.75) is 33.2 Å². The van der Waals surface area contributed by atoms with Crippen molar-refractivity contribution in [2.75, 3.05) is 6.54 Å². The van der Waals surface area contributed by atoms with E-state index < -0.39 is 5.41 Å². The largest absolute Gasteiger partial charge is 0.331 e. The lowest BCUT2D eigenvalue weighted by Crippen LogP contribution is -2.45. The van der Waals surface area contributed by atoms with Crippen molar-refractivity contribution in [3.05, 3.63) is 70.2 Å². The quantitative estimate of drug-likeness (QED) is 0.732. The summed E-state index contributed by atoms with van der Waals surface area (Å²) in [7, 11) is 0. The highest BCUT2D eigenvalue weighted by atomic mass is 35.5. The molecule has 2 aromatic rings. The minimum Gasteiger partial charge on any atom is -0.331 e. The molecule has 1 aliphatic heterocycles. The highest BCUT2D eigenvalue weighted by Gasteiger charge is 2.36. The van der Waals surface area contributed by atoms with E-state index in [1.807, 2.05) is 56.0 Å². The van der Waals surface area contributed by atoms with Crippen LogP contribution in [0.25, 0.3) is 0 Å². The van der Waals surface area contributed by atoms with Crippen molar-refractivity contribution in [3.8, 4) is 0 Å². The average molecular weight is 328 g/mol. The second-order valence-electron chi connectivity index (χ2n) is 7.15. The van der Waals surface area contributed by atoms with Gasteiger partial charge in [-0.15, -0.1) is 0 Å². The number of rotatable bonds is 1. The molecule has 0 spiro atoms. The molecule has 1 heterocycles. The second-order valence-corrected chi connectivity index (χ2v) is 7.59. The summed E-state index contributed by atoms with van der Waals surface area (Å²) in [6.07, 6.45) is 0.905. The Bertz CT molecular complexity index is 715. The van der Waals surface area contributed by atoms with Crippen LogP contribution in [-0.4, -0.2) is 17.4 Å². The van der Waals surface area contributed by atoms with Gasteiger partial charge in [0.15, 0.2) is 0 Å². The van der Waals surface area contributed by atoms with Crippen LogP contribution in [0.2, 0.25) is 5.02 Å². The summed E-state index contributed by atoms with van der Waals surface area (Å²) in [5, 5.41) is 0.714. The molecular weight excluding hydrogens is 306 g/mol. The number of amides is 1. The van der Waals surface area contributed by atoms with E-state index in [2.05, 4.69) is 18.2 Å². The highest BCUT2D eigenvalue weighted by Crippen LogP contribution is 2.37. The molecule has 0 N–H and O–H groups in total. The molecule has 0 saturated carbocycles. The molecule has 120 valence electrons. The van der Waals surface area contributed by atoms with Gasteiger partial charge in [-0.05, 0) is 35.2 Å². The molecule has 1 amide bonds. The van der Waals surface area contributed by atoms with Crippen LogP contribution in [0.3, 0.4) is 0 Å². The van der Waals surface area contributed by atoms with Gasteiger partial charge in [0.2, 0.25) is 5.91 Å². The van der Waals surface area contributed by atoms with Gasteiger partial charge in [0.1, 0.15) is 0 Å². The number of hydrogen-bond acceptors (Lipinski definition) is 1. The van der Waals surface area contributed by atoms with Crippen LogP contribution in [0, 0.1) is 5.41 Å². The zero-order chi connectivity index (χ0) is 16.6. The molecule has 2 nitrogen and oxygen atoms in total. The molecule has 0 fully saturated rings. The maximum atomic E-state index is 13.0. The monoisotopic (exact) mass is 327 g/mol. The predicted octanol–water partition coefficient (Wildman–Crippen LogP) is 4.86. The van der Waals surface area contributed by atoms with Crippen molar-refractivity contribution >= 4 is 17.5 Å². The smallest absolute Gasteiger partial charge is 0.228 e. The fourth-order valence-electron chi connectivity index (χ4n) is 3.22. The van der Waals surface area contributed by atoms with Gasteiger partial charge in [-0.1, -0.05) is 68.8 Å². The van der Waals surface area contributed by atoms with Gasteiger partial charge in [-0.25, -0.2) is 0 Å². The summed E-state index contributed by atoms with van der Waals surface area (Å²) in [4.78, 5) is 15.0. The zero-order valence-corrected chi connectivity index (χ0v) is 14.6. The summed E-state index contributed by atoms with van der Waals surface area (Å²) in [5.74, 6) is 0.187. The van der Waals surface area contributed by atoms with E-state index in [4.69, 9.17) is 11.6 Å². The number of halogens is 1. The first-order valence-electron chi connectivity index (χ1n) is 8.02. The fraction of sp³-hybridized carbons (Fsp3) is 0.350. The third-order valence-corrected chi connectivity index (χ3v) is 4.62. The molecule has 23 heavy (non-hydrogen) atoms. The van der Waals surface area contributed by atoms with Crippen LogP contribution in [0.4, 0.5) is 0 Å². The molecule has 1 aliphatic rings. The Balaban J connectivity index is 2.10. The summed E-state index contributed by atoms with van der Waals surface area (Å²) < 4.78 is 0. The van der Waals surface area contributed by atoms with Crippen LogP contribution < -0.4 is 0 Å². The molecule has 2 aromatic carbocycles. The summed E-state index contributed by atoms with van der Waals surface area (Å²) in [6.45, 7) is 6.69. The van der Waals surface area contributed by atoms with E-state index in [9.17, 15) is 4.79 Å². The number of benzene rings is 2. The van der Waals surface area contributed by atoms with Crippen LogP contribution >= 0.6 is 11.6 Å². The van der Waals surface area contributed by atoms with E-state index in [0.29, 0.717) is 5.02 Å². The Morgan fingerprint density at radius 3 is 2.39 bits per heavy atom. The predicted molar refractivity (Wildman–Crippen MR) is 94.6 cm³/mol. The van der Waals surface area contributed by atoms with E-state index in [-0.39, 0.29) is 11.9 Å². The van der Waals surface area contributed by atoms with Crippen molar-refractivity contribution in [2.24, 2.45) is 5.41 Å². The number of hydrogen-bond donors (Lipinski definition) is 0. The van der Waals surface area contributed by atoms with Crippen molar-refractivity contribution in [1.82, 2.24) is 4.90 Å². The molecule has 1 unspecified atom stereocenters. The Hall–Kier alpha value is -1.80. The lowest BCUT2D eigenvalue weighted by molar-refractivity contribution is -0.141. The van der Waals surface area contributed by atoms with Crippen molar-refractivity contribution < 1.29 is 4.79 Å². The lowest BCUT2D eigenvalue weighted by atomic mass is 9.85. The topological polar surface area (TPSA) is 20.3 Å². The lowest BCUT2D eigenvalue weighted by Gasteiger charge is -2.40. The van der Waals surface area contributed by atoms with E-state index in [1.54, 1.807) is 0 Å². The van der Waals surface area contributed by atoms with Gasteiger partial charge in [0.25, 0.3) is 0 Å². The molecular formula is C20H22ClNO. The maximum absolute atomic E-state index is 13.0. The Labute approximate surface area is 143 Å². The molecule has 0 saturated heterocycles. The molecule has 3 heteroatoms. The van der Waals surface area contributed by atoms with Crippen molar-refractivity contribution in [1.29, 1.82) is 0 Å². The first-order valence-corrected chi connectivity index (χ1v) is 8.40. The summed E-state index contributed by atoms with van der Waals surface area (Å²) >= 11 is 6.04. The standard InChI is InChI=1S/C20H22ClNO/c1-20(2,3)19(23)22-13-12-14-6-4-5-7-17(14)18(22)15-8-10-16(21)11-9-15/h4-11,18H,12-13H2,1-3H3. The Morgan fingerprint density at radius 2 is 1.74 bits per heavy atom. The van der Waals surface area contributed by atoms with Gasteiger partial charge in [-0.3, -0.25) is 4.79 Å². The van der Waals surface area contributed by atoms with Crippen molar-refractivity contribution in [3.63, 3.8) is 0 Å². The Morgan fingerprint density at radius 1 is 1.09 bits per heavy atom. The van der Waals surface area contributed by atoms with Gasteiger partial charge in [0, 0.05) is 17.0 Å². The van der Waals surface area contributed by atoms with Gasteiger partial charge < -0.3 is 4.90 Å². The van der Waals surface area contributed by atoms with Crippen LogP contribution in [-0.2, 0) is 11.2 Å². The fourth-order valence-corrected chi connectivity index (χ4v) is 3.35. The van der Waals surface area contributed by atoms with Gasteiger partial charge in [0.05, 0.1) is 6.04 Å². The summed E-state index contributed by atoms with van der Waals surface area (Å²) in [6, 6.07) is 16.2. The minimum absolute atomic E-state index is 0.0380. The first kappa shape index (κ1) is 16.1. The third-order valence-electron chi connectivity index (χ3n) is 4.37. The van der Waals surface area contributed by atoms with E-state index in [0.717, 1.165) is 18.5 Å². The van der Waals surface area contributed by atoms with Crippen LogP contribution in [0.1, 0.15) is 43.5 Å². The minimum atomic E-state index is -0.392. The first-order chi connectivity index (χ1) is 10.9. The zero-order valence-electron chi connectivity index (χ0n) is 13.8. The molecule has 0 aromatic heterocycles. The van der Waals surface area contributed by atoms with E-state index >= 15 is 0 Å². The molecule has 3 rings (SSSR count). The SMILES string of the molecule is CC(C)(C)C(=O)N1CCc2ccccc2C1c1ccc(Cl)cc1. The maximum Gasteiger partial charge on any atom is 0.228 e. The highest BCUT2D eigenvalue weighted by molar-refractivity contribution is 6.30. The number of carbonyl (C=O) groups excluding carboxylic acids is 1.